The van der Waals surface area contributed by atoms with Gasteiger partial charge in [-0.05, 0) is 25.7 Å². The van der Waals surface area contributed by atoms with Crippen molar-refractivity contribution in [3.63, 3.8) is 0 Å². The van der Waals surface area contributed by atoms with Gasteiger partial charge in [0.2, 0.25) is 0 Å². The number of nitrogens with two attached hydrogens (primary N) is 1. The molecule has 0 radical (unpaired) electrons. The topological polar surface area (TPSA) is 61.6 Å². The Bertz CT molecular complexity index is 336. The molecule has 2 unspecified atom stereocenters. The van der Waals surface area contributed by atoms with Crippen molar-refractivity contribution in [2.24, 2.45) is 11.7 Å². The molecule has 2 atom stereocenters. The second-order valence-electron chi connectivity index (χ2n) is 5.25. The highest BCUT2D eigenvalue weighted by atomic mass is 16.5. The van der Waals surface area contributed by atoms with Crippen molar-refractivity contribution in [2.45, 2.75) is 43.7 Å². The maximum Gasteiger partial charge on any atom is 0.153 e. The van der Waals surface area contributed by atoms with Crippen LogP contribution in [0.4, 0.5) is 0 Å². The van der Waals surface area contributed by atoms with Gasteiger partial charge in [0.25, 0.3) is 0 Å². The number of carbonyl (C=O) groups excluding carboxylic acids is 1. The highest BCUT2D eigenvalue weighted by molar-refractivity contribution is 5.86. The lowest BCUT2D eigenvalue weighted by Gasteiger charge is -2.43. The Morgan fingerprint density at radius 3 is 2.83 bits per heavy atom. The van der Waals surface area contributed by atoms with Gasteiger partial charge in [-0.15, -0.1) is 12.3 Å². The van der Waals surface area contributed by atoms with Gasteiger partial charge < -0.3 is 15.2 Å². The van der Waals surface area contributed by atoms with Crippen LogP contribution in [0.3, 0.4) is 0 Å². The van der Waals surface area contributed by atoms with Crippen LogP contribution in [0.2, 0.25) is 0 Å². The van der Waals surface area contributed by atoms with Gasteiger partial charge in [-0.2, -0.15) is 0 Å². The van der Waals surface area contributed by atoms with Gasteiger partial charge in [0.05, 0.1) is 11.6 Å². The third-order valence-corrected chi connectivity index (χ3v) is 4.00. The van der Waals surface area contributed by atoms with Crippen molar-refractivity contribution in [1.82, 2.24) is 0 Å². The average molecular weight is 251 g/mol. The predicted molar refractivity (Wildman–Crippen MR) is 67.9 cm³/mol. The first-order chi connectivity index (χ1) is 8.67. The minimum atomic E-state index is -0.519. The van der Waals surface area contributed by atoms with Crippen LogP contribution in [0.25, 0.3) is 0 Å². The lowest BCUT2D eigenvalue weighted by molar-refractivity contribution is -0.157. The van der Waals surface area contributed by atoms with Crippen LogP contribution in [0, 0.1) is 18.3 Å². The number of ether oxygens (including phenoxy) is 2. The van der Waals surface area contributed by atoms with E-state index in [0.29, 0.717) is 13.0 Å². The van der Waals surface area contributed by atoms with E-state index in [0.717, 1.165) is 38.9 Å². The highest BCUT2D eigenvalue weighted by Crippen LogP contribution is 2.37. The van der Waals surface area contributed by atoms with Crippen molar-refractivity contribution >= 4 is 5.78 Å². The Morgan fingerprint density at radius 2 is 2.17 bits per heavy atom. The number of terminal acetylenes is 1. The Hall–Kier alpha value is -0.890. The summed E-state index contributed by atoms with van der Waals surface area (Å²) in [6, 6.07) is -0.519. The minimum Gasteiger partial charge on any atom is -0.381 e. The van der Waals surface area contributed by atoms with Crippen molar-refractivity contribution < 1.29 is 14.3 Å². The molecular formula is C14H21NO3. The lowest BCUT2D eigenvalue weighted by Crippen LogP contribution is -2.48. The normalized spacial score (nSPS) is 28.6. The summed E-state index contributed by atoms with van der Waals surface area (Å²) >= 11 is 0. The molecule has 2 heterocycles. The SMILES string of the molecule is C#CCC(N)C(=O)C1CCOC2(CCOCC2)C1. The number of ketones is 1. The van der Waals surface area contributed by atoms with Crippen LogP contribution in [0.5, 0.6) is 0 Å². The largest absolute Gasteiger partial charge is 0.381 e. The fourth-order valence-corrected chi connectivity index (χ4v) is 2.89. The molecule has 2 aliphatic heterocycles. The number of hydrogen-bond acceptors (Lipinski definition) is 4. The van der Waals surface area contributed by atoms with E-state index >= 15 is 0 Å². The van der Waals surface area contributed by atoms with Crippen molar-refractivity contribution in [3.05, 3.63) is 0 Å². The smallest absolute Gasteiger partial charge is 0.153 e. The molecular weight excluding hydrogens is 230 g/mol. The van der Waals surface area contributed by atoms with E-state index in [1.165, 1.54) is 0 Å². The van der Waals surface area contributed by atoms with E-state index < -0.39 is 6.04 Å². The molecule has 0 aromatic heterocycles. The summed E-state index contributed by atoms with van der Waals surface area (Å²) in [6.07, 6.45) is 8.82. The Balaban J connectivity index is 1.98. The zero-order valence-electron chi connectivity index (χ0n) is 10.7. The van der Waals surface area contributed by atoms with E-state index in [1.54, 1.807) is 0 Å². The van der Waals surface area contributed by atoms with Gasteiger partial charge in [-0.1, -0.05) is 0 Å². The first kappa shape index (κ1) is 13.5. The third-order valence-electron chi connectivity index (χ3n) is 4.00. The quantitative estimate of drug-likeness (QED) is 0.756. The number of carbonyl (C=O) groups is 1. The summed E-state index contributed by atoms with van der Waals surface area (Å²) in [5.41, 5.74) is 5.66. The fourth-order valence-electron chi connectivity index (χ4n) is 2.89. The molecule has 4 heteroatoms. The second-order valence-corrected chi connectivity index (χ2v) is 5.25. The fraction of sp³-hybridized carbons (Fsp3) is 0.786. The molecule has 100 valence electrons. The molecule has 2 rings (SSSR count). The zero-order valence-corrected chi connectivity index (χ0v) is 10.7. The van der Waals surface area contributed by atoms with Crippen molar-refractivity contribution in [2.75, 3.05) is 19.8 Å². The van der Waals surface area contributed by atoms with Crippen LogP contribution in [0.15, 0.2) is 0 Å². The molecule has 2 saturated heterocycles. The summed E-state index contributed by atoms with van der Waals surface area (Å²) < 4.78 is 11.3. The monoisotopic (exact) mass is 251 g/mol. The molecule has 2 fully saturated rings. The van der Waals surface area contributed by atoms with Crippen LogP contribution in [0.1, 0.15) is 32.1 Å². The summed E-state index contributed by atoms with van der Waals surface area (Å²) in [5.74, 6) is 2.56. The lowest BCUT2D eigenvalue weighted by atomic mass is 9.77. The molecule has 0 aliphatic carbocycles. The van der Waals surface area contributed by atoms with Gasteiger partial charge in [-0.3, -0.25) is 4.79 Å². The summed E-state index contributed by atoms with van der Waals surface area (Å²) in [6.45, 7) is 2.08. The van der Waals surface area contributed by atoms with Gasteiger partial charge in [-0.25, -0.2) is 0 Å². The molecule has 1 spiro atoms. The van der Waals surface area contributed by atoms with Crippen LogP contribution < -0.4 is 5.73 Å². The number of rotatable bonds is 3. The van der Waals surface area contributed by atoms with Crippen LogP contribution in [-0.2, 0) is 14.3 Å². The van der Waals surface area contributed by atoms with Crippen molar-refractivity contribution in [1.29, 1.82) is 0 Å². The van der Waals surface area contributed by atoms with Gasteiger partial charge in [0, 0.05) is 32.2 Å². The molecule has 18 heavy (non-hydrogen) atoms. The molecule has 2 N–H and O–H groups in total. The standard InChI is InChI=1S/C14H21NO3/c1-2-3-12(15)13(16)11-4-7-18-14(10-11)5-8-17-9-6-14/h1,11-12H,3-10,15H2. The molecule has 0 aromatic rings. The molecule has 0 saturated carbocycles. The Kier molecular flexibility index (Phi) is 4.39. The average Bonchev–Trinajstić information content (AvgIpc) is 2.39. The summed E-state index contributed by atoms with van der Waals surface area (Å²) in [4.78, 5) is 12.2. The van der Waals surface area contributed by atoms with Gasteiger partial charge in [0.1, 0.15) is 0 Å². The maximum absolute atomic E-state index is 12.2. The Labute approximate surface area is 108 Å². The summed E-state index contributed by atoms with van der Waals surface area (Å²) in [5, 5.41) is 0. The molecule has 0 bridgehead atoms. The second kappa shape index (κ2) is 5.83. The zero-order chi connectivity index (χ0) is 13.0. The first-order valence-corrected chi connectivity index (χ1v) is 6.61. The number of Topliss-reactive ketones (excluding diaryl/α,β-unsaturated/α-hetero) is 1. The van der Waals surface area contributed by atoms with E-state index in [4.69, 9.17) is 21.6 Å². The van der Waals surface area contributed by atoms with Gasteiger partial charge in [0.15, 0.2) is 5.78 Å². The predicted octanol–water partition coefficient (Wildman–Crippen LogP) is 0.882. The van der Waals surface area contributed by atoms with E-state index in [1.807, 2.05) is 0 Å². The summed E-state index contributed by atoms with van der Waals surface area (Å²) in [7, 11) is 0. The molecule has 0 aromatic carbocycles. The van der Waals surface area contributed by atoms with E-state index in [2.05, 4.69) is 5.92 Å². The van der Waals surface area contributed by atoms with Crippen molar-refractivity contribution in [3.8, 4) is 12.3 Å². The number of hydrogen-bond donors (Lipinski definition) is 1. The Morgan fingerprint density at radius 1 is 1.44 bits per heavy atom. The highest BCUT2D eigenvalue weighted by Gasteiger charge is 2.41. The maximum atomic E-state index is 12.2. The molecule has 0 amide bonds. The van der Waals surface area contributed by atoms with E-state index in [9.17, 15) is 4.79 Å². The van der Waals surface area contributed by atoms with E-state index in [-0.39, 0.29) is 17.3 Å². The molecule has 4 nitrogen and oxygen atoms in total. The molecule has 2 aliphatic rings. The minimum absolute atomic E-state index is 0.000185. The van der Waals surface area contributed by atoms with Crippen LogP contribution >= 0.6 is 0 Å². The third kappa shape index (κ3) is 2.92. The van der Waals surface area contributed by atoms with Gasteiger partial charge >= 0.3 is 0 Å². The first-order valence-electron chi connectivity index (χ1n) is 6.61. The van der Waals surface area contributed by atoms with Crippen LogP contribution in [-0.4, -0.2) is 37.2 Å².